The maximum Gasteiger partial charge on any atom is 0.0499 e. The molecule has 1 aliphatic rings. The molecule has 0 saturated carbocycles. The van der Waals surface area contributed by atoms with E-state index in [0.29, 0.717) is 12.0 Å². The van der Waals surface area contributed by atoms with Gasteiger partial charge in [-0.05, 0) is 44.9 Å². The lowest BCUT2D eigenvalue weighted by molar-refractivity contribution is 0.402. The van der Waals surface area contributed by atoms with Crippen LogP contribution in [0, 0.1) is 0 Å². The number of anilines is 1. The summed E-state index contributed by atoms with van der Waals surface area (Å²) in [5, 5.41) is 3.46. The van der Waals surface area contributed by atoms with Crippen molar-refractivity contribution in [2.24, 2.45) is 0 Å². The summed E-state index contributed by atoms with van der Waals surface area (Å²) in [6.45, 7) is 10.4. The average molecular weight is 246 g/mol. The minimum Gasteiger partial charge on any atom is -0.365 e. The van der Waals surface area contributed by atoms with Gasteiger partial charge in [0.2, 0.25) is 0 Å². The van der Waals surface area contributed by atoms with E-state index >= 15 is 0 Å². The lowest BCUT2D eigenvalue weighted by Gasteiger charge is -2.39. The molecular formula is C16H26N2. The van der Waals surface area contributed by atoms with E-state index in [1.807, 2.05) is 0 Å². The van der Waals surface area contributed by atoms with E-state index in [-0.39, 0.29) is 5.54 Å². The van der Waals surface area contributed by atoms with E-state index < -0.39 is 0 Å². The van der Waals surface area contributed by atoms with Gasteiger partial charge in [-0.25, -0.2) is 0 Å². The first kappa shape index (κ1) is 13.4. The second kappa shape index (κ2) is 4.93. The first-order chi connectivity index (χ1) is 8.48. The van der Waals surface area contributed by atoms with Crippen LogP contribution in [0.3, 0.4) is 0 Å². The van der Waals surface area contributed by atoms with Gasteiger partial charge in [0, 0.05) is 23.8 Å². The standard InChI is InChI=1S/C16H26N2/c1-12(2)13-8-6-7-9-14(13)18-11-10-15(17-5)16(18,3)4/h6-9,12,15,17H,10-11H2,1-5H3. The van der Waals surface area contributed by atoms with Gasteiger partial charge in [0.25, 0.3) is 0 Å². The normalized spacial score (nSPS) is 22.8. The fraction of sp³-hybridized carbons (Fsp3) is 0.625. The maximum absolute atomic E-state index is 3.46. The smallest absolute Gasteiger partial charge is 0.0499 e. The van der Waals surface area contributed by atoms with Crippen LogP contribution in [0.2, 0.25) is 0 Å². The highest BCUT2D eigenvalue weighted by atomic mass is 15.3. The van der Waals surface area contributed by atoms with Crippen LogP contribution in [0.4, 0.5) is 5.69 Å². The Kier molecular flexibility index (Phi) is 3.67. The summed E-state index contributed by atoms with van der Waals surface area (Å²) in [6.07, 6.45) is 1.22. The van der Waals surface area contributed by atoms with Gasteiger partial charge < -0.3 is 10.2 Å². The van der Waals surface area contributed by atoms with Crippen LogP contribution >= 0.6 is 0 Å². The van der Waals surface area contributed by atoms with Crippen molar-refractivity contribution in [3.63, 3.8) is 0 Å². The SMILES string of the molecule is CNC1CCN(c2ccccc2C(C)C)C1(C)C. The van der Waals surface area contributed by atoms with Gasteiger partial charge in [-0.15, -0.1) is 0 Å². The molecule has 1 unspecified atom stereocenters. The summed E-state index contributed by atoms with van der Waals surface area (Å²) in [5.41, 5.74) is 3.05. The molecule has 1 aromatic carbocycles. The lowest BCUT2D eigenvalue weighted by atomic mass is 9.93. The van der Waals surface area contributed by atoms with E-state index in [9.17, 15) is 0 Å². The topological polar surface area (TPSA) is 15.3 Å². The van der Waals surface area contributed by atoms with Crippen molar-refractivity contribution < 1.29 is 0 Å². The number of benzene rings is 1. The number of para-hydroxylation sites is 1. The molecule has 0 bridgehead atoms. The molecule has 2 nitrogen and oxygen atoms in total. The van der Waals surface area contributed by atoms with Gasteiger partial charge in [0.05, 0.1) is 0 Å². The molecule has 0 amide bonds. The summed E-state index contributed by atoms with van der Waals surface area (Å²) in [4.78, 5) is 2.57. The van der Waals surface area contributed by atoms with E-state index in [2.05, 4.69) is 69.2 Å². The molecule has 1 N–H and O–H groups in total. The summed E-state index contributed by atoms with van der Waals surface area (Å²) in [7, 11) is 2.07. The third kappa shape index (κ3) is 2.14. The van der Waals surface area contributed by atoms with Gasteiger partial charge in [-0.2, -0.15) is 0 Å². The van der Waals surface area contributed by atoms with Crippen LogP contribution < -0.4 is 10.2 Å². The summed E-state index contributed by atoms with van der Waals surface area (Å²) < 4.78 is 0. The molecule has 1 aromatic rings. The Balaban J connectivity index is 2.38. The first-order valence-corrected chi connectivity index (χ1v) is 7.02. The van der Waals surface area contributed by atoms with Gasteiger partial charge in [0.1, 0.15) is 0 Å². The van der Waals surface area contributed by atoms with Crippen LogP contribution in [-0.4, -0.2) is 25.2 Å². The lowest BCUT2D eigenvalue weighted by Crippen LogP contribution is -2.50. The predicted molar refractivity (Wildman–Crippen MR) is 79.4 cm³/mol. The molecule has 0 aromatic heterocycles. The van der Waals surface area contributed by atoms with Gasteiger partial charge in [-0.3, -0.25) is 0 Å². The van der Waals surface area contributed by atoms with E-state index in [4.69, 9.17) is 0 Å². The van der Waals surface area contributed by atoms with E-state index in [0.717, 1.165) is 6.54 Å². The van der Waals surface area contributed by atoms with E-state index in [1.54, 1.807) is 0 Å². The summed E-state index contributed by atoms with van der Waals surface area (Å²) >= 11 is 0. The van der Waals surface area contributed by atoms with Crippen LogP contribution in [-0.2, 0) is 0 Å². The third-order valence-corrected chi connectivity index (χ3v) is 4.39. The largest absolute Gasteiger partial charge is 0.365 e. The first-order valence-electron chi connectivity index (χ1n) is 7.02. The number of likely N-dealkylation sites (N-methyl/N-ethyl adjacent to an activating group) is 1. The molecule has 1 heterocycles. The Hall–Kier alpha value is -1.02. The highest BCUT2D eigenvalue weighted by molar-refractivity contribution is 5.58. The summed E-state index contributed by atoms with van der Waals surface area (Å²) in [5.74, 6) is 0.575. The van der Waals surface area contributed by atoms with Crippen molar-refractivity contribution in [1.29, 1.82) is 0 Å². The molecule has 0 radical (unpaired) electrons. The number of hydrogen-bond donors (Lipinski definition) is 1. The molecule has 0 aliphatic carbocycles. The molecule has 100 valence electrons. The molecule has 18 heavy (non-hydrogen) atoms. The van der Waals surface area contributed by atoms with Crippen molar-refractivity contribution in [2.75, 3.05) is 18.5 Å². The zero-order valence-corrected chi connectivity index (χ0v) is 12.3. The van der Waals surface area contributed by atoms with Crippen molar-refractivity contribution in [3.05, 3.63) is 29.8 Å². The van der Waals surface area contributed by atoms with Gasteiger partial charge >= 0.3 is 0 Å². The maximum atomic E-state index is 3.46. The minimum absolute atomic E-state index is 0.180. The van der Waals surface area contributed by atoms with Crippen molar-refractivity contribution >= 4 is 5.69 Å². The molecule has 1 fully saturated rings. The van der Waals surface area contributed by atoms with Gasteiger partial charge in [0.15, 0.2) is 0 Å². The van der Waals surface area contributed by atoms with Crippen LogP contribution in [0.25, 0.3) is 0 Å². The fourth-order valence-corrected chi connectivity index (χ4v) is 3.24. The van der Waals surface area contributed by atoms with Crippen molar-refractivity contribution in [2.45, 2.75) is 51.6 Å². The average Bonchev–Trinajstić information content (AvgIpc) is 2.63. The number of hydrogen-bond acceptors (Lipinski definition) is 2. The minimum atomic E-state index is 0.180. The highest BCUT2D eigenvalue weighted by Crippen LogP contribution is 2.37. The Bertz CT molecular complexity index is 409. The van der Waals surface area contributed by atoms with Crippen LogP contribution in [0.15, 0.2) is 24.3 Å². The van der Waals surface area contributed by atoms with Crippen molar-refractivity contribution in [1.82, 2.24) is 5.32 Å². The van der Waals surface area contributed by atoms with Crippen LogP contribution in [0.5, 0.6) is 0 Å². The Labute approximate surface area is 111 Å². The monoisotopic (exact) mass is 246 g/mol. The van der Waals surface area contributed by atoms with Gasteiger partial charge in [-0.1, -0.05) is 32.0 Å². The molecule has 1 saturated heterocycles. The quantitative estimate of drug-likeness (QED) is 0.879. The zero-order chi connectivity index (χ0) is 13.3. The molecule has 1 atom stereocenters. The second-order valence-corrected chi connectivity index (χ2v) is 6.15. The molecule has 1 aliphatic heterocycles. The zero-order valence-electron chi connectivity index (χ0n) is 12.3. The Morgan fingerprint density at radius 1 is 1.28 bits per heavy atom. The molecular weight excluding hydrogens is 220 g/mol. The number of nitrogens with zero attached hydrogens (tertiary/aromatic N) is 1. The number of nitrogens with one attached hydrogen (secondary N) is 1. The molecule has 2 heteroatoms. The van der Waals surface area contributed by atoms with Crippen molar-refractivity contribution in [3.8, 4) is 0 Å². The summed E-state index contributed by atoms with van der Waals surface area (Å²) in [6, 6.07) is 9.41. The Morgan fingerprint density at radius 3 is 2.50 bits per heavy atom. The van der Waals surface area contributed by atoms with E-state index in [1.165, 1.54) is 17.7 Å². The molecule has 0 spiro atoms. The van der Waals surface area contributed by atoms with Crippen LogP contribution in [0.1, 0.15) is 45.6 Å². The second-order valence-electron chi connectivity index (χ2n) is 6.15. The fourth-order valence-electron chi connectivity index (χ4n) is 3.24. The third-order valence-electron chi connectivity index (χ3n) is 4.39. The predicted octanol–water partition coefficient (Wildman–Crippen LogP) is 3.39. The Morgan fingerprint density at radius 2 is 1.94 bits per heavy atom. The highest BCUT2D eigenvalue weighted by Gasteiger charge is 2.41. The number of rotatable bonds is 3. The molecule has 2 rings (SSSR count).